The maximum atomic E-state index is 12.2. The van der Waals surface area contributed by atoms with E-state index in [0.29, 0.717) is 12.6 Å². The predicted octanol–water partition coefficient (Wildman–Crippen LogP) is 2.11. The Morgan fingerprint density at radius 2 is 2.08 bits per heavy atom. The molecule has 0 amide bonds. The van der Waals surface area contributed by atoms with Crippen molar-refractivity contribution in [3.8, 4) is 0 Å². The molecule has 2 aromatic heterocycles. The number of aryl methyl sites for hydroxylation is 1. The van der Waals surface area contributed by atoms with E-state index in [1.165, 1.54) is 0 Å². The van der Waals surface area contributed by atoms with Crippen LogP contribution >= 0.6 is 11.3 Å². The fourth-order valence-corrected chi connectivity index (χ4v) is 4.05. The summed E-state index contributed by atoms with van der Waals surface area (Å²) in [6.07, 6.45) is 5.70. The van der Waals surface area contributed by atoms with E-state index in [9.17, 15) is 4.79 Å². The Morgan fingerprint density at radius 1 is 1.29 bits per heavy atom. The van der Waals surface area contributed by atoms with Gasteiger partial charge in [0, 0.05) is 42.8 Å². The summed E-state index contributed by atoms with van der Waals surface area (Å²) in [4.78, 5) is 18.9. The lowest BCUT2D eigenvalue weighted by atomic mass is 10.0. The van der Waals surface area contributed by atoms with Crippen LogP contribution in [-0.2, 0) is 19.4 Å². The van der Waals surface area contributed by atoms with Crippen LogP contribution < -0.4 is 15.8 Å². The fraction of sp³-hybridized carbons (Fsp3) is 0.588. The summed E-state index contributed by atoms with van der Waals surface area (Å²) in [5, 5.41) is 13.5. The van der Waals surface area contributed by atoms with Gasteiger partial charge in [-0.3, -0.25) is 4.79 Å². The lowest BCUT2D eigenvalue weighted by Gasteiger charge is -2.32. The third kappa shape index (κ3) is 3.67. The number of hydrogen-bond donors (Lipinski definition) is 2. The summed E-state index contributed by atoms with van der Waals surface area (Å²) >= 11 is 1.69. The van der Waals surface area contributed by atoms with E-state index in [2.05, 4.69) is 39.2 Å². The van der Waals surface area contributed by atoms with Gasteiger partial charge in [0.1, 0.15) is 0 Å². The van der Waals surface area contributed by atoms with Crippen molar-refractivity contribution in [2.75, 3.05) is 18.0 Å². The minimum Gasteiger partial charge on any atom is -0.348 e. The summed E-state index contributed by atoms with van der Waals surface area (Å²) in [6.45, 7) is 6.81. The molecule has 0 radical (unpaired) electrons. The molecule has 0 aliphatic carbocycles. The van der Waals surface area contributed by atoms with Crippen molar-refractivity contribution in [3.05, 3.63) is 38.8 Å². The van der Waals surface area contributed by atoms with Gasteiger partial charge in [-0.05, 0) is 31.2 Å². The van der Waals surface area contributed by atoms with Gasteiger partial charge in [0.05, 0.1) is 5.69 Å². The maximum absolute atomic E-state index is 12.2. The number of hydrogen-bond acceptors (Lipinski definition) is 6. The lowest BCUT2D eigenvalue weighted by molar-refractivity contribution is 0.412. The van der Waals surface area contributed by atoms with E-state index in [1.807, 2.05) is 11.6 Å². The summed E-state index contributed by atoms with van der Waals surface area (Å²) in [5.74, 6) is 0. The Hall–Kier alpha value is -1.73. The molecule has 0 spiro atoms. The molecule has 2 N–H and O–H groups in total. The SMILES string of the molecule is CCc1n[nH]c(=O)c(CNC2CCN(c3nccs3)CC2)c1CC. The molecule has 7 heteroatoms. The quantitative estimate of drug-likeness (QED) is 0.837. The first kappa shape index (κ1) is 17.1. The fourth-order valence-electron chi connectivity index (χ4n) is 3.35. The van der Waals surface area contributed by atoms with E-state index in [-0.39, 0.29) is 5.56 Å². The van der Waals surface area contributed by atoms with Gasteiger partial charge in [0.25, 0.3) is 5.56 Å². The largest absolute Gasteiger partial charge is 0.348 e. The molecule has 1 aliphatic rings. The summed E-state index contributed by atoms with van der Waals surface area (Å²) in [6, 6.07) is 0.448. The van der Waals surface area contributed by atoms with Crippen molar-refractivity contribution < 1.29 is 0 Å². The zero-order valence-electron chi connectivity index (χ0n) is 14.3. The second kappa shape index (κ2) is 7.90. The highest BCUT2D eigenvalue weighted by atomic mass is 32.1. The Balaban J connectivity index is 1.60. The molecule has 3 rings (SSSR count). The topological polar surface area (TPSA) is 73.9 Å². The van der Waals surface area contributed by atoms with Crippen LogP contribution in [0, 0.1) is 0 Å². The highest BCUT2D eigenvalue weighted by Gasteiger charge is 2.21. The zero-order chi connectivity index (χ0) is 16.9. The molecule has 0 aromatic carbocycles. The average Bonchev–Trinajstić information content (AvgIpc) is 3.15. The van der Waals surface area contributed by atoms with Gasteiger partial charge in [-0.1, -0.05) is 13.8 Å². The van der Waals surface area contributed by atoms with Crippen molar-refractivity contribution in [2.24, 2.45) is 0 Å². The van der Waals surface area contributed by atoms with Gasteiger partial charge >= 0.3 is 0 Å². The maximum Gasteiger partial charge on any atom is 0.268 e. The first-order valence-electron chi connectivity index (χ1n) is 8.70. The predicted molar refractivity (Wildman–Crippen MR) is 97.8 cm³/mol. The minimum atomic E-state index is -0.0585. The standard InChI is InChI=1S/C17H25N5OS/c1-3-13-14(16(23)21-20-15(13)4-2)11-19-12-5-8-22(9-6-12)17-18-7-10-24-17/h7,10,12,19H,3-6,8-9,11H2,1-2H3,(H,21,23). The Morgan fingerprint density at radius 3 is 2.71 bits per heavy atom. The molecule has 6 nitrogen and oxygen atoms in total. The number of thiazole rings is 1. The molecular weight excluding hydrogens is 322 g/mol. The van der Waals surface area contributed by atoms with Crippen molar-refractivity contribution in [1.82, 2.24) is 20.5 Å². The lowest BCUT2D eigenvalue weighted by Crippen LogP contribution is -2.43. The smallest absolute Gasteiger partial charge is 0.268 e. The number of rotatable bonds is 6. The van der Waals surface area contributed by atoms with Crippen LogP contribution in [0.1, 0.15) is 43.5 Å². The van der Waals surface area contributed by atoms with Crippen LogP contribution in [-0.4, -0.2) is 34.3 Å². The van der Waals surface area contributed by atoms with Crippen LogP contribution in [0.15, 0.2) is 16.4 Å². The second-order valence-electron chi connectivity index (χ2n) is 6.12. The zero-order valence-corrected chi connectivity index (χ0v) is 15.2. The van der Waals surface area contributed by atoms with Crippen molar-refractivity contribution in [2.45, 2.75) is 52.1 Å². The highest BCUT2D eigenvalue weighted by molar-refractivity contribution is 7.13. The van der Waals surface area contributed by atoms with Gasteiger partial charge in [0.15, 0.2) is 5.13 Å². The molecule has 0 bridgehead atoms. The van der Waals surface area contributed by atoms with Gasteiger partial charge in [-0.15, -0.1) is 11.3 Å². The van der Waals surface area contributed by atoms with Crippen molar-refractivity contribution >= 4 is 16.5 Å². The number of aromatic amines is 1. The molecule has 0 atom stereocenters. The third-order valence-corrected chi connectivity index (χ3v) is 5.55. The van der Waals surface area contributed by atoms with Crippen LogP contribution in [0.5, 0.6) is 0 Å². The van der Waals surface area contributed by atoms with Crippen LogP contribution in [0.2, 0.25) is 0 Å². The molecule has 1 saturated heterocycles. The summed E-state index contributed by atoms with van der Waals surface area (Å²) in [7, 11) is 0. The number of nitrogens with zero attached hydrogens (tertiary/aromatic N) is 3. The normalized spacial score (nSPS) is 15.8. The number of piperidine rings is 1. The molecule has 3 heterocycles. The molecule has 1 fully saturated rings. The van der Waals surface area contributed by atoms with Crippen LogP contribution in [0.4, 0.5) is 5.13 Å². The van der Waals surface area contributed by atoms with Crippen molar-refractivity contribution in [3.63, 3.8) is 0 Å². The number of aromatic nitrogens is 3. The average molecular weight is 347 g/mol. The van der Waals surface area contributed by atoms with Crippen LogP contribution in [0.25, 0.3) is 0 Å². The van der Waals surface area contributed by atoms with Crippen LogP contribution in [0.3, 0.4) is 0 Å². The molecule has 0 saturated carbocycles. The number of nitrogens with one attached hydrogen (secondary N) is 2. The first-order chi connectivity index (χ1) is 11.7. The molecule has 2 aromatic rings. The number of anilines is 1. The summed E-state index contributed by atoms with van der Waals surface area (Å²) in [5.41, 5.74) is 2.91. The Labute approximate surface area is 146 Å². The molecule has 130 valence electrons. The highest BCUT2D eigenvalue weighted by Crippen LogP contribution is 2.22. The molecular formula is C17H25N5OS. The van der Waals surface area contributed by atoms with E-state index in [1.54, 1.807) is 11.3 Å². The number of H-pyrrole nitrogens is 1. The van der Waals surface area contributed by atoms with E-state index in [0.717, 1.165) is 60.7 Å². The molecule has 24 heavy (non-hydrogen) atoms. The monoisotopic (exact) mass is 347 g/mol. The van der Waals surface area contributed by atoms with E-state index >= 15 is 0 Å². The van der Waals surface area contributed by atoms with E-state index in [4.69, 9.17) is 0 Å². The van der Waals surface area contributed by atoms with Crippen molar-refractivity contribution in [1.29, 1.82) is 0 Å². The minimum absolute atomic E-state index is 0.0585. The Kier molecular flexibility index (Phi) is 5.63. The van der Waals surface area contributed by atoms with Gasteiger partial charge in [-0.2, -0.15) is 5.10 Å². The van der Waals surface area contributed by atoms with E-state index < -0.39 is 0 Å². The molecule has 1 aliphatic heterocycles. The van der Waals surface area contributed by atoms with Gasteiger partial charge < -0.3 is 10.2 Å². The molecule has 0 unspecified atom stereocenters. The first-order valence-corrected chi connectivity index (χ1v) is 9.58. The second-order valence-corrected chi connectivity index (χ2v) is 6.99. The van der Waals surface area contributed by atoms with Gasteiger partial charge in [-0.25, -0.2) is 10.1 Å². The third-order valence-electron chi connectivity index (χ3n) is 4.72. The van der Waals surface area contributed by atoms with Gasteiger partial charge in [0.2, 0.25) is 0 Å². The summed E-state index contributed by atoms with van der Waals surface area (Å²) < 4.78 is 0. The Bertz CT molecular complexity index is 704.